The molecule has 0 atom stereocenters. The largest absolute Gasteiger partial charge is 0.473 e. The molecular weight excluding hydrogens is 346 g/mol. The van der Waals surface area contributed by atoms with E-state index in [-0.39, 0.29) is 6.10 Å². The summed E-state index contributed by atoms with van der Waals surface area (Å²) in [5, 5.41) is 0. The van der Waals surface area contributed by atoms with Crippen LogP contribution in [0.5, 0.6) is 5.88 Å². The molecule has 0 N–H and O–H groups in total. The predicted octanol–water partition coefficient (Wildman–Crippen LogP) is 3.04. The molecule has 0 bridgehead atoms. The molecule has 0 spiro atoms. The number of nitrogens with zero attached hydrogens (tertiary/aromatic N) is 3. The summed E-state index contributed by atoms with van der Waals surface area (Å²) < 4.78 is 12.9. The highest BCUT2D eigenvalue weighted by atomic mass is 79.9. The molecule has 1 saturated carbocycles. The number of piperidine rings is 1. The molecule has 2 fully saturated rings. The Morgan fingerprint density at radius 1 is 0.955 bits per heavy atom. The van der Waals surface area contributed by atoms with E-state index < -0.39 is 0 Å². The van der Waals surface area contributed by atoms with Gasteiger partial charge in [0.05, 0.1) is 24.6 Å². The minimum absolute atomic E-state index is 0.243. The first kappa shape index (κ1) is 16.1. The summed E-state index contributed by atoms with van der Waals surface area (Å²) in [6.45, 7) is 2.32. The third kappa shape index (κ3) is 4.64. The summed E-state index contributed by atoms with van der Waals surface area (Å²) in [6.07, 6.45) is 11.0. The predicted molar refractivity (Wildman–Crippen MR) is 88.0 cm³/mol. The Balaban J connectivity index is 1.39. The Bertz CT molecular complexity index is 455. The van der Waals surface area contributed by atoms with Crippen LogP contribution in [0.15, 0.2) is 17.0 Å². The fraction of sp³-hybridized carbons (Fsp3) is 0.750. The molecule has 6 heteroatoms. The monoisotopic (exact) mass is 369 g/mol. The van der Waals surface area contributed by atoms with Crippen LogP contribution in [0, 0.1) is 0 Å². The van der Waals surface area contributed by atoms with Gasteiger partial charge in [-0.05, 0) is 61.5 Å². The van der Waals surface area contributed by atoms with Gasteiger partial charge >= 0.3 is 0 Å². The second-order valence-corrected chi connectivity index (χ2v) is 7.15. The van der Waals surface area contributed by atoms with Gasteiger partial charge in [0.1, 0.15) is 10.7 Å². The summed E-state index contributed by atoms with van der Waals surface area (Å²) in [7, 11) is 2.18. The summed E-state index contributed by atoms with van der Waals surface area (Å²) >= 11 is 3.28. The Morgan fingerprint density at radius 3 is 2.23 bits per heavy atom. The zero-order chi connectivity index (χ0) is 15.4. The molecule has 0 amide bonds. The minimum atomic E-state index is 0.243. The van der Waals surface area contributed by atoms with Crippen LogP contribution in [-0.4, -0.2) is 53.3 Å². The summed E-state index contributed by atoms with van der Waals surface area (Å²) in [4.78, 5) is 10.7. The number of likely N-dealkylation sites (tertiary alicyclic amines) is 1. The van der Waals surface area contributed by atoms with Crippen LogP contribution in [0.2, 0.25) is 0 Å². The van der Waals surface area contributed by atoms with E-state index in [1.807, 2.05) is 0 Å². The van der Waals surface area contributed by atoms with Gasteiger partial charge in [-0.2, -0.15) is 0 Å². The van der Waals surface area contributed by atoms with Crippen molar-refractivity contribution in [3.05, 3.63) is 17.0 Å². The Labute approximate surface area is 140 Å². The lowest BCUT2D eigenvalue weighted by molar-refractivity contribution is -0.0646. The second kappa shape index (κ2) is 7.70. The van der Waals surface area contributed by atoms with Crippen LogP contribution in [0.25, 0.3) is 0 Å². The number of hydrogen-bond acceptors (Lipinski definition) is 5. The van der Waals surface area contributed by atoms with Crippen molar-refractivity contribution in [2.24, 2.45) is 0 Å². The summed E-state index contributed by atoms with van der Waals surface area (Å²) in [5.74, 6) is 0.614. The zero-order valence-corrected chi connectivity index (χ0v) is 14.7. The second-order valence-electron chi connectivity index (χ2n) is 6.33. The SMILES string of the molecule is CN1CCC(OC2CCC(Oc3cnc(Br)cn3)CC2)CC1. The maximum absolute atomic E-state index is 6.28. The molecule has 2 heterocycles. The summed E-state index contributed by atoms with van der Waals surface area (Å²) in [5.41, 5.74) is 0. The first-order valence-electron chi connectivity index (χ1n) is 8.17. The van der Waals surface area contributed by atoms with Gasteiger partial charge in [-0.3, -0.25) is 0 Å². The van der Waals surface area contributed by atoms with Crippen LogP contribution >= 0.6 is 15.9 Å². The van der Waals surface area contributed by atoms with Crippen molar-refractivity contribution < 1.29 is 9.47 Å². The lowest BCUT2D eigenvalue weighted by atomic mass is 9.94. The van der Waals surface area contributed by atoms with Crippen molar-refractivity contribution in [2.45, 2.75) is 56.8 Å². The molecule has 3 rings (SSSR count). The van der Waals surface area contributed by atoms with E-state index in [0.717, 1.165) is 43.4 Å². The molecular formula is C16H24BrN3O2. The fourth-order valence-corrected chi connectivity index (χ4v) is 3.42. The molecule has 22 heavy (non-hydrogen) atoms. The number of ether oxygens (including phenoxy) is 2. The lowest BCUT2D eigenvalue weighted by Gasteiger charge is -2.34. The molecule has 1 saturated heterocycles. The minimum Gasteiger partial charge on any atom is -0.473 e. The van der Waals surface area contributed by atoms with Crippen LogP contribution in [0.1, 0.15) is 38.5 Å². The Morgan fingerprint density at radius 2 is 1.59 bits per heavy atom. The average molecular weight is 370 g/mol. The molecule has 0 radical (unpaired) electrons. The van der Waals surface area contributed by atoms with Crippen LogP contribution in [0.3, 0.4) is 0 Å². The average Bonchev–Trinajstić information content (AvgIpc) is 2.54. The van der Waals surface area contributed by atoms with Crippen molar-refractivity contribution in [2.75, 3.05) is 20.1 Å². The standard InChI is InChI=1S/C16H24BrN3O2/c1-20-8-6-14(7-9-20)21-12-2-4-13(5-3-12)22-16-11-18-15(17)10-19-16/h10-14H,2-9H2,1H3. The van der Waals surface area contributed by atoms with E-state index in [0.29, 0.717) is 18.1 Å². The quantitative estimate of drug-likeness (QED) is 0.816. The van der Waals surface area contributed by atoms with Gasteiger partial charge in [0.15, 0.2) is 0 Å². The van der Waals surface area contributed by atoms with Gasteiger partial charge in [0.25, 0.3) is 0 Å². The molecule has 5 nitrogen and oxygen atoms in total. The number of hydrogen-bond donors (Lipinski definition) is 0. The Hall–Kier alpha value is -0.720. The van der Waals surface area contributed by atoms with Crippen LogP contribution in [0.4, 0.5) is 0 Å². The molecule has 1 aromatic rings. The molecule has 1 aliphatic heterocycles. The van der Waals surface area contributed by atoms with Gasteiger partial charge in [-0.15, -0.1) is 0 Å². The van der Waals surface area contributed by atoms with E-state index in [4.69, 9.17) is 9.47 Å². The number of halogens is 1. The van der Waals surface area contributed by atoms with Gasteiger partial charge in [-0.1, -0.05) is 0 Å². The third-order valence-corrected chi connectivity index (χ3v) is 4.97. The molecule has 0 unspecified atom stereocenters. The first-order chi connectivity index (χ1) is 10.7. The van der Waals surface area contributed by atoms with Gasteiger partial charge in [0.2, 0.25) is 5.88 Å². The maximum atomic E-state index is 6.28. The zero-order valence-electron chi connectivity index (χ0n) is 13.1. The maximum Gasteiger partial charge on any atom is 0.232 e. The molecule has 0 aromatic carbocycles. The van der Waals surface area contributed by atoms with Gasteiger partial charge < -0.3 is 14.4 Å². The topological polar surface area (TPSA) is 47.5 Å². The number of aromatic nitrogens is 2. The Kier molecular flexibility index (Phi) is 5.66. The van der Waals surface area contributed by atoms with Crippen molar-refractivity contribution >= 4 is 15.9 Å². The van der Waals surface area contributed by atoms with Crippen molar-refractivity contribution in [3.63, 3.8) is 0 Å². The van der Waals surface area contributed by atoms with Crippen molar-refractivity contribution in [1.29, 1.82) is 0 Å². The fourth-order valence-electron chi connectivity index (χ4n) is 3.21. The normalized spacial score (nSPS) is 27.7. The van der Waals surface area contributed by atoms with Gasteiger partial charge in [0, 0.05) is 13.1 Å². The van der Waals surface area contributed by atoms with E-state index in [1.54, 1.807) is 12.4 Å². The number of rotatable bonds is 4. The van der Waals surface area contributed by atoms with E-state index >= 15 is 0 Å². The van der Waals surface area contributed by atoms with Crippen LogP contribution in [-0.2, 0) is 4.74 Å². The smallest absolute Gasteiger partial charge is 0.232 e. The van der Waals surface area contributed by atoms with E-state index in [9.17, 15) is 0 Å². The highest BCUT2D eigenvalue weighted by molar-refractivity contribution is 9.10. The van der Waals surface area contributed by atoms with Crippen LogP contribution < -0.4 is 4.74 Å². The molecule has 122 valence electrons. The lowest BCUT2D eigenvalue weighted by Crippen LogP contribution is -2.37. The van der Waals surface area contributed by atoms with Gasteiger partial charge in [-0.25, -0.2) is 9.97 Å². The van der Waals surface area contributed by atoms with E-state index in [1.165, 1.54) is 12.8 Å². The highest BCUT2D eigenvalue weighted by Gasteiger charge is 2.27. The highest BCUT2D eigenvalue weighted by Crippen LogP contribution is 2.27. The molecule has 1 aromatic heterocycles. The first-order valence-corrected chi connectivity index (χ1v) is 8.96. The molecule has 1 aliphatic carbocycles. The summed E-state index contributed by atoms with van der Waals surface area (Å²) in [6, 6.07) is 0. The third-order valence-electron chi connectivity index (χ3n) is 4.56. The molecule has 2 aliphatic rings. The van der Waals surface area contributed by atoms with E-state index in [2.05, 4.69) is 37.8 Å². The van der Waals surface area contributed by atoms with Crippen molar-refractivity contribution in [1.82, 2.24) is 14.9 Å². The van der Waals surface area contributed by atoms with Crippen molar-refractivity contribution in [3.8, 4) is 5.88 Å².